The summed E-state index contributed by atoms with van der Waals surface area (Å²) in [5, 5.41) is 3.69. The van der Waals surface area contributed by atoms with Gasteiger partial charge in [0.15, 0.2) is 0 Å². The maximum Gasteiger partial charge on any atom is 0.220 e. The predicted octanol–water partition coefficient (Wildman–Crippen LogP) is 3.22. The number of carbonyl (C=O) groups excluding carboxylic acids is 1. The zero-order chi connectivity index (χ0) is 14.8. The lowest BCUT2D eigenvalue weighted by atomic mass is 10.1. The summed E-state index contributed by atoms with van der Waals surface area (Å²) < 4.78 is 13.1. The summed E-state index contributed by atoms with van der Waals surface area (Å²) in [6.45, 7) is 5.86. The number of hydrogen-bond donors (Lipinski definition) is 1. The van der Waals surface area contributed by atoms with Gasteiger partial charge >= 0.3 is 0 Å². The highest BCUT2D eigenvalue weighted by Crippen LogP contribution is 2.15. The van der Waals surface area contributed by atoms with Crippen LogP contribution in [0.4, 0.5) is 4.39 Å². The molecule has 0 saturated carbocycles. The molecule has 0 spiro atoms. The van der Waals surface area contributed by atoms with Gasteiger partial charge in [0.2, 0.25) is 5.91 Å². The number of hydrogen-bond acceptors (Lipinski definition) is 2. The van der Waals surface area contributed by atoms with E-state index in [0.717, 1.165) is 16.6 Å². The third-order valence-corrected chi connectivity index (χ3v) is 2.83. The first-order valence-corrected chi connectivity index (χ1v) is 6.70. The Bertz CT molecular complexity index is 632. The van der Waals surface area contributed by atoms with Crippen molar-refractivity contribution in [2.45, 2.75) is 39.2 Å². The van der Waals surface area contributed by atoms with Crippen LogP contribution < -0.4 is 5.32 Å². The molecule has 0 saturated heterocycles. The summed E-state index contributed by atoms with van der Waals surface area (Å²) in [5.41, 5.74) is 1.37. The quantitative estimate of drug-likeness (QED) is 0.933. The van der Waals surface area contributed by atoms with E-state index >= 15 is 0 Å². The molecule has 0 atom stereocenters. The summed E-state index contributed by atoms with van der Waals surface area (Å²) in [5.74, 6) is -0.255. The van der Waals surface area contributed by atoms with Crippen LogP contribution in [-0.4, -0.2) is 16.4 Å². The van der Waals surface area contributed by atoms with Gasteiger partial charge in [-0.3, -0.25) is 9.78 Å². The lowest BCUT2D eigenvalue weighted by Gasteiger charge is -2.20. The van der Waals surface area contributed by atoms with E-state index in [2.05, 4.69) is 10.3 Å². The highest BCUT2D eigenvalue weighted by molar-refractivity contribution is 5.79. The lowest BCUT2D eigenvalue weighted by Crippen LogP contribution is -2.40. The molecule has 1 aromatic heterocycles. The number of benzene rings is 1. The molecule has 2 aromatic rings. The molecule has 1 amide bonds. The van der Waals surface area contributed by atoms with Crippen LogP contribution in [0.3, 0.4) is 0 Å². The molecule has 0 unspecified atom stereocenters. The lowest BCUT2D eigenvalue weighted by molar-refractivity contribution is -0.122. The summed E-state index contributed by atoms with van der Waals surface area (Å²) in [4.78, 5) is 16.2. The molecule has 0 aliphatic heterocycles. The number of nitrogens with one attached hydrogen (secondary N) is 1. The van der Waals surface area contributed by atoms with Crippen LogP contribution in [0.15, 0.2) is 30.3 Å². The fraction of sp³-hybridized carbons (Fsp3) is 0.375. The van der Waals surface area contributed by atoms with Crippen molar-refractivity contribution in [1.29, 1.82) is 0 Å². The van der Waals surface area contributed by atoms with Crippen LogP contribution in [0.1, 0.15) is 32.9 Å². The van der Waals surface area contributed by atoms with Gasteiger partial charge in [-0.05, 0) is 51.5 Å². The second-order valence-electron chi connectivity index (χ2n) is 5.94. The molecule has 4 heteroatoms. The van der Waals surface area contributed by atoms with Crippen LogP contribution in [0.25, 0.3) is 10.9 Å². The van der Waals surface area contributed by atoms with Gasteiger partial charge in [-0.15, -0.1) is 0 Å². The molecule has 1 heterocycles. The fourth-order valence-electron chi connectivity index (χ4n) is 2.00. The van der Waals surface area contributed by atoms with Crippen molar-refractivity contribution in [3.05, 3.63) is 41.8 Å². The van der Waals surface area contributed by atoms with E-state index in [1.54, 1.807) is 6.07 Å². The average Bonchev–Trinajstić information content (AvgIpc) is 2.34. The highest BCUT2D eigenvalue weighted by Gasteiger charge is 2.13. The third-order valence-electron chi connectivity index (χ3n) is 2.83. The minimum absolute atomic E-state index is 0.0125. The number of amides is 1. The molecule has 1 aromatic carbocycles. The van der Waals surface area contributed by atoms with Gasteiger partial charge < -0.3 is 5.32 Å². The van der Waals surface area contributed by atoms with Crippen LogP contribution in [0.5, 0.6) is 0 Å². The Morgan fingerprint density at radius 2 is 2.00 bits per heavy atom. The Balaban J connectivity index is 2.03. The molecule has 1 N–H and O–H groups in total. The van der Waals surface area contributed by atoms with Crippen LogP contribution in [0.2, 0.25) is 0 Å². The number of pyridine rings is 1. The maximum atomic E-state index is 13.1. The van der Waals surface area contributed by atoms with Gasteiger partial charge in [0.25, 0.3) is 0 Å². The van der Waals surface area contributed by atoms with Gasteiger partial charge in [-0.25, -0.2) is 4.39 Å². The Morgan fingerprint density at radius 3 is 2.70 bits per heavy atom. The van der Waals surface area contributed by atoms with E-state index in [0.29, 0.717) is 12.8 Å². The SMILES string of the molecule is CC(C)(C)NC(=O)CCc1ccc2cc(F)ccc2n1. The van der Waals surface area contributed by atoms with Crippen LogP contribution >= 0.6 is 0 Å². The van der Waals surface area contributed by atoms with Crippen molar-refractivity contribution in [2.75, 3.05) is 0 Å². The predicted molar refractivity (Wildman–Crippen MR) is 77.9 cm³/mol. The van der Waals surface area contributed by atoms with Gasteiger partial charge in [-0.1, -0.05) is 6.07 Å². The number of nitrogens with zero attached hydrogens (tertiary/aromatic N) is 1. The zero-order valence-electron chi connectivity index (χ0n) is 12.0. The molecular weight excluding hydrogens is 255 g/mol. The first-order chi connectivity index (χ1) is 9.33. The number of aromatic nitrogens is 1. The molecular formula is C16H19FN2O. The largest absolute Gasteiger partial charge is 0.351 e. The van der Waals surface area contributed by atoms with Gasteiger partial charge in [0.1, 0.15) is 5.82 Å². The zero-order valence-corrected chi connectivity index (χ0v) is 12.0. The van der Waals surface area contributed by atoms with E-state index in [-0.39, 0.29) is 17.3 Å². The van der Waals surface area contributed by atoms with Crippen LogP contribution in [-0.2, 0) is 11.2 Å². The third kappa shape index (κ3) is 4.02. The minimum atomic E-state index is -0.267. The summed E-state index contributed by atoms with van der Waals surface area (Å²) in [6.07, 6.45) is 0.978. The first kappa shape index (κ1) is 14.4. The molecule has 0 fully saturated rings. The van der Waals surface area contributed by atoms with E-state index < -0.39 is 0 Å². The molecule has 3 nitrogen and oxygen atoms in total. The standard InChI is InChI=1S/C16H19FN2O/c1-16(2,3)19-15(20)9-7-13-6-4-11-10-12(17)5-8-14(11)18-13/h4-6,8,10H,7,9H2,1-3H3,(H,19,20). The van der Waals surface area contributed by atoms with E-state index in [1.807, 2.05) is 32.9 Å². The average molecular weight is 274 g/mol. The van der Waals surface area contributed by atoms with Crippen molar-refractivity contribution < 1.29 is 9.18 Å². The van der Waals surface area contributed by atoms with Crippen molar-refractivity contribution in [2.24, 2.45) is 0 Å². The van der Waals surface area contributed by atoms with E-state index in [9.17, 15) is 9.18 Å². The number of aryl methyl sites for hydroxylation is 1. The van der Waals surface area contributed by atoms with Gasteiger partial charge in [-0.2, -0.15) is 0 Å². The smallest absolute Gasteiger partial charge is 0.220 e. The first-order valence-electron chi connectivity index (χ1n) is 6.70. The molecule has 2 rings (SSSR count). The second-order valence-corrected chi connectivity index (χ2v) is 5.94. The minimum Gasteiger partial charge on any atom is -0.351 e. The number of fused-ring (bicyclic) bond motifs is 1. The molecule has 0 aliphatic carbocycles. The van der Waals surface area contributed by atoms with Gasteiger partial charge in [0, 0.05) is 23.0 Å². The van der Waals surface area contributed by atoms with Crippen molar-refractivity contribution in [3.63, 3.8) is 0 Å². The Morgan fingerprint density at radius 1 is 1.25 bits per heavy atom. The van der Waals surface area contributed by atoms with Crippen LogP contribution in [0, 0.1) is 5.82 Å². The van der Waals surface area contributed by atoms with Crippen molar-refractivity contribution >= 4 is 16.8 Å². The van der Waals surface area contributed by atoms with Gasteiger partial charge in [0.05, 0.1) is 5.52 Å². The van der Waals surface area contributed by atoms with Crippen molar-refractivity contribution in [3.8, 4) is 0 Å². The number of rotatable bonds is 3. The molecule has 106 valence electrons. The second kappa shape index (κ2) is 5.57. The van der Waals surface area contributed by atoms with E-state index in [1.165, 1.54) is 12.1 Å². The highest BCUT2D eigenvalue weighted by atomic mass is 19.1. The summed E-state index contributed by atoms with van der Waals surface area (Å²) in [6, 6.07) is 8.18. The monoisotopic (exact) mass is 274 g/mol. The Labute approximate surface area is 118 Å². The molecule has 0 aliphatic rings. The number of carbonyl (C=O) groups is 1. The summed E-state index contributed by atoms with van der Waals surface area (Å²) >= 11 is 0. The maximum absolute atomic E-state index is 13.1. The normalized spacial score (nSPS) is 11.6. The fourth-order valence-corrected chi connectivity index (χ4v) is 2.00. The molecule has 0 bridgehead atoms. The number of halogens is 1. The Kier molecular flexibility index (Phi) is 4.02. The topological polar surface area (TPSA) is 42.0 Å². The molecule has 20 heavy (non-hydrogen) atoms. The van der Waals surface area contributed by atoms with Crippen molar-refractivity contribution in [1.82, 2.24) is 10.3 Å². The molecule has 0 radical (unpaired) electrons. The Hall–Kier alpha value is -1.97. The van der Waals surface area contributed by atoms with E-state index in [4.69, 9.17) is 0 Å². The summed E-state index contributed by atoms with van der Waals surface area (Å²) in [7, 11) is 0.